The molecule has 0 saturated heterocycles. The maximum atomic E-state index is 12.9. The smallest absolute Gasteiger partial charge is 0.305 e. The van der Waals surface area contributed by atoms with Crippen molar-refractivity contribution in [2.45, 2.75) is 278 Å². The second-order valence-electron chi connectivity index (χ2n) is 20.5. The lowest BCUT2D eigenvalue weighted by Gasteiger charge is -2.35. The number of esters is 2. The molecule has 1 rings (SSSR count). The Labute approximate surface area is 409 Å². The van der Waals surface area contributed by atoms with Crippen molar-refractivity contribution in [3.63, 3.8) is 0 Å². The summed E-state index contributed by atoms with van der Waals surface area (Å²) >= 11 is 0. The standard InChI is InChI=1S/C57H111N3O6/c1-5-9-13-17-21-26-36-52(35-25-16-12-8-4)49-58-55(62)40-29-24-33-43-59(47-48-61)45-46-60(54-38-27-22-18-23-28-39-54)44-34-32-37-53(50-65-56(63)41-30-19-14-10-6-2)51-66-57(64)42-31-20-15-11-7-3/h52-54,61H,5-51H2,1-4H3,(H,58,62). The molecule has 1 fully saturated rings. The van der Waals surface area contributed by atoms with Gasteiger partial charge in [0.25, 0.3) is 0 Å². The number of carbonyl (C=O) groups is 3. The Morgan fingerprint density at radius 3 is 1.48 bits per heavy atom. The Balaban J connectivity index is 2.69. The minimum absolute atomic E-state index is 0.0196. The summed E-state index contributed by atoms with van der Waals surface area (Å²) in [6.45, 7) is 15.2. The molecule has 1 amide bonds. The molecular formula is C57H111N3O6. The molecule has 1 saturated carbocycles. The highest BCUT2D eigenvalue weighted by Crippen LogP contribution is 2.23. The molecule has 1 aliphatic rings. The Kier molecular flexibility index (Phi) is 44.4. The Hall–Kier alpha value is -1.71. The number of nitrogens with one attached hydrogen (secondary N) is 1. The molecule has 1 aliphatic carbocycles. The number of amides is 1. The first-order valence-corrected chi connectivity index (χ1v) is 29.0. The van der Waals surface area contributed by atoms with Gasteiger partial charge in [-0.3, -0.25) is 24.2 Å². The third-order valence-corrected chi connectivity index (χ3v) is 14.3. The van der Waals surface area contributed by atoms with Crippen LogP contribution in [0, 0.1) is 11.8 Å². The molecular weight excluding hydrogens is 823 g/mol. The lowest BCUT2D eigenvalue weighted by atomic mass is 9.94. The molecule has 2 N–H and O–H groups in total. The van der Waals surface area contributed by atoms with Crippen molar-refractivity contribution in [2.75, 3.05) is 59.1 Å². The Morgan fingerprint density at radius 1 is 0.485 bits per heavy atom. The van der Waals surface area contributed by atoms with Gasteiger partial charge >= 0.3 is 11.9 Å². The van der Waals surface area contributed by atoms with E-state index in [1.165, 1.54) is 161 Å². The molecule has 1 atom stereocenters. The molecule has 0 aliphatic heterocycles. The van der Waals surface area contributed by atoms with Crippen molar-refractivity contribution in [3.8, 4) is 0 Å². The van der Waals surface area contributed by atoms with Crippen LogP contribution in [0.5, 0.6) is 0 Å². The van der Waals surface area contributed by atoms with E-state index in [1.54, 1.807) is 0 Å². The van der Waals surface area contributed by atoms with Gasteiger partial charge in [-0.05, 0) is 83.2 Å². The third kappa shape index (κ3) is 38.2. The number of unbranched alkanes of at least 4 members (excludes halogenated alkanes) is 19. The van der Waals surface area contributed by atoms with E-state index in [-0.39, 0.29) is 30.4 Å². The molecule has 1 unspecified atom stereocenters. The topological polar surface area (TPSA) is 108 Å². The number of carbonyl (C=O) groups excluding carboxylic acids is 3. The molecule has 9 heteroatoms. The molecule has 0 heterocycles. The largest absolute Gasteiger partial charge is 0.465 e. The molecule has 0 radical (unpaired) electrons. The van der Waals surface area contributed by atoms with Gasteiger partial charge in [-0.15, -0.1) is 0 Å². The van der Waals surface area contributed by atoms with Crippen LogP contribution in [0.25, 0.3) is 0 Å². The van der Waals surface area contributed by atoms with E-state index in [1.807, 2.05) is 0 Å². The summed E-state index contributed by atoms with van der Waals surface area (Å²) in [5.41, 5.74) is 0. The summed E-state index contributed by atoms with van der Waals surface area (Å²) in [6.07, 6.45) is 43.2. The molecule has 0 spiro atoms. The number of rotatable bonds is 47. The van der Waals surface area contributed by atoms with Gasteiger partial charge in [0.1, 0.15) is 0 Å². The van der Waals surface area contributed by atoms with Crippen molar-refractivity contribution < 1.29 is 29.0 Å². The van der Waals surface area contributed by atoms with Gasteiger partial charge < -0.3 is 19.9 Å². The fourth-order valence-corrected chi connectivity index (χ4v) is 9.86. The summed E-state index contributed by atoms with van der Waals surface area (Å²) in [4.78, 5) is 43.4. The normalized spacial score (nSPS) is 14.2. The van der Waals surface area contributed by atoms with E-state index < -0.39 is 0 Å². The molecule has 66 heavy (non-hydrogen) atoms. The van der Waals surface area contributed by atoms with E-state index in [0.717, 1.165) is 96.9 Å². The van der Waals surface area contributed by atoms with E-state index in [9.17, 15) is 19.5 Å². The van der Waals surface area contributed by atoms with Crippen molar-refractivity contribution in [2.24, 2.45) is 11.8 Å². The van der Waals surface area contributed by atoms with Crippen LogP contribution >= 0.6 is 0 Å². The quantitative estimate of drug-likeness (QED) is 0.0459. The zero-order chi connectivity index (χ0) is 48.0. The van der Waals surface area contributed by atoms with E-state index in [4.69, 9.17) is 9.47 Å². The monoisotopic (exact) mass is 934 g/mol. The SMILES string of the molecule is CCCCCCCCC(CCCCCC)CNC(=O)CCCCCN(CCO)CCN(CCCCC(COC(=O)CCCCCCC)COC(=O)CCCCCCC)C1CCCCCCC1. The zero-order valence-corrected chi connectivity index (χ0v) is 44.3. The van der Waals surface area contributed by atoms with Crippen LogP contribution < -0.4 is 5.32 Å². The van der Waals surface area contributed by atoms with Crippen molar-refractivity contribution >= 4 is 17.8 Å². The second kappa shape index (κ2) is 47.0. The Bertz CT molecular complexity index is 1050. The van der Waals surface area contributed by atoms with Gasteiger partial charge in [0.15, 0.2) is 0 Å². The van der Waals surface area contributed by atoms with Crippen LogP contribution in [0.1, 0.15) is 272 Å². The second-order valence-corrected chi connectivity index (χ2v) is 20.5. The Morgan fingerprint density at radius 2 is 0.924 bits per heavy atom. The fourth-order valence-electron chi connectivity index (χ4n) is 9.86. The zero-order valence-electron chi connectivity index (χ0n) is 44.3. The molecule has 0 bridgehead atoms. The maximum absolute atomic E-state index is 12.9. The molecule has 9 nitrogen and oxygen atoms in total. The number of nitrogens with zero attached hydrogens (tertiary/aromatic N) is 2. The van der Waals surface area contributed by atoms with Crippen LogP contribution in [-0.2, 0) is 23.9 Å². The summed E-state index contributed by atoms with van der Waals surface area (Å²) in [5.74, 6) is 0.593. The highest BCUT2D eigenvalue weighted by Gasteiger charge is 2.22. The minimum Gasteiger partial charge on any atom is -0.465 e. The van der Waals surface area contributed by atoms with Crippen molar-refractivity contribution in [1.29, 1.82) is 0 Å². The van der Waals surface area contributed by atoms with Gasteiger partial charge in [-0.2, -0.15) is 0 Å². The van der Waals surface area contributed by atoms with E-state index >= 15 is 0 Å². The number of hydrogen-bond acceptors (Lipinski definition) is 8. The first kappa shape index (κ1) is 62.3. The predicted molar refractivity (Wildman–Crippen MR) is 279 cm³/mol. The summed E-state index contributed by atoms with van der Waals surface area (Å²) in [7, 11) is 0. The van der Waals surface area contributed by atoms with Crippen LogP contribution in [0.3, 0.4) is 0 Å². The first-order chi connectivity index (χ1) is 32.4. The molecule has 0 aromatic heterocycles. The summed E-state index contributed by atoms with van der Waals surface area (Å²) in [6, 6.07) is 0.592. The average Bonchev–Trinajstić information content (AvgIpc) is 3.30. The highest BCUT2D eigenvalue weighted by atomic mass is 16.5. The van der Waals surface area contributed by atoms with Crippen LogP contribution in [-0.4, -0.2) is 97.9 Å². The lowest BCUT2D eigenvalue weighted by molar-refractivity contribution is -0.149. The number of aliphatic hydroxyl groups excluding tert-OH is 1. The number of ether oxygens (including phenoxy) is 2. The van der Waals surface area contributed by atoms with Crippen LogP contribution in [0.4, 0.5) is 0 Å². The highest BCUT2D eigenvalue weighted by molar-refractivity contribution is 5.75. The van der Waals surface area contributed by atoms with Gasteiger partial charge in [0, 0.05) is 57.4 Å². The van der Waals surface area contributed by atoms with Crippen LogP contribution in [0.2, 0.25) is 0 Å². The van der Waals surface area contributed by atoms with Gasteiger partial charge in [-0.25, -0.2) is 0 Å². The number of aliphatic hydroxyl groups is 1. The lowest BCUT2D eigenvalue weighted by Crippen LogP contribution is -2.43. The van der Waals surface area contributed by atoms with E-state index in [2.05, 4.69) is 42.8 Å². The fraction of sp³-hybridized carbons (Fsp3) is 0.947. The summed E-state index contributed by atoms with van der Waals surface area (Å²) < 4.78 is 11.6. The predicted octanol–water partition coefficient (Wildman–Crippen LogP) is 14.3. The van der Waals surface area contributed by atoms with Gasteiger partial charge in [0.2, 0.25) is 5.91 Å². The molecule has 0 aromatic carbocycles. The van der Waals surface area contributed by atoms with Gasteiger partial charge in [-0.1, -0.05) is 188 Å². The maximum Gasteiger partial charge on any atom is 0.305 e. The third-order valence-electron chi connectivity index (χ3n) is 14.3. The van der Waals surface area contributed by atoms with Crippen LogP contribution in [0.15, 0.2) is 0 Å². The molecule has 0 aromatic rings. The van der Waals surface area contributed by atoms with Crippen molar-refractivity contribution in [3.05, 3.63) is 0 Å². The van der Waals surface area contributed by atoms with Gasteiger partial charge in [0.05, 0.1) is 19.8 Å². The first-order valence-electron chi connectivity index (χ1n) is 29.0. The van der Waals surface area contributed by atoms with Crippen molar-refractivity contribution in [1.82, 2.24) is 15.1 Å². The average molecular weight is 935 g/mol. The molecule has 390 valence electrons. The van der Waals surface area contributed by atoms with E-state index in [0.29, 0.717) is 51.0 Å². The number of hydrogen-bond donors (Lipinski definition) is 2. The minimum atomic E-state index is -0.127. The summed E-state index contributed by atoms with van der Waals surface area (Å²) in [5, 5.41) is 13.4.